The maximum absolute atomic E-state index is 12.6. The Morgan fingerprint density at radius 1 is 1.05 bits per heavy atom. The van der Waals surface area contributed by atoms with Gasteiger partial charge in [-0.2, -0.15) is 0 Å². The van der Waals surface area contributed by atoms with Crippen LogP contribution in [-0.4, -0.2) is 50.7 Å². The number of Topliss-reactive ketones (excluding diaryl/α,β-unsaturated/α-hetero) is 1. The molecule has 0 radical (unpaired) electrons. The molecule has 0 fully saturated rings. The Kier molecular flexibility index (Phi) is 7.77. The van der Waals surface area contributed by atoms with Gasteiger partial charge < -0.3 is 9.22 Å². The van der Waals surface area contributed by atoms with Crippen molar-refractivity contribution >= 4 is 5.78 Å². The van der Waals surface area contributed by atoms with Gasteiger partial charge in [0, 0.05) is 6.42 Å². The van der Waals surface area contributed by atoms with Gasteiger partial charge in [0.05, 0.1) is 27.7 Å². The Labute approximate surface area is 139 Å². The molecule has 0 aromatic heterocycles. The molecule has 0 N–H and O–H groups in total. The third-order valence-electron chi connectivity index (χ3n) is 3.75. The first-order chi connectivity index (χ1) is 9.64. The number of ether oxygens (including phenoxy) is 1. The van der Waals surface area contributed by atoms with Gasteiger partial charge in [0.25, 0.3) is 0 Å². The number of rotatable bonds is 9. The fourth-order valence-electron chi connectivity index (χ4n) is 3.34. The van der Waals surface area contributed by atoms with E-state index in [0.717, 1.165) is 12.8 Å². The van der Waals surface area contributed by atoms with Crippen molar-refractivity contribution in [1.82, 2.24) is 0 Å². The van der Waals surface area contributed by atoms with Crippen LogP contribution < -0.4 is 0 Å². The molecule has 0 bridgehead atoms. The lowest BCUT2D eigenvalue weighted by molar-refractivity contribution is -0.887. The molecular weight excluding hydrogens is 274 g/mol. The van der Waals surface area contributed by atoms with Crippen LogP contribution in [0.3, 0.4) is 0 Å². The van der Waals surface area contributed by atoms with E-state index >= 15 is 0 Å². The monoisotopic (exact) mass is 314 g/mol. The average Bonchev–Trinajstić information content (AvgIpc) is 2.19. The van der Waals surface area contributed by atoms with E-state index in [1.165, 1.54) is 0 Å². The first-order valence-corrected chi connectivity index (χ1v) is 8.56. The smallest absolute Gasteiger partial charge is 0.215 e. The molecule has 0 aliphatic carbocycles. The van der Waals surface area contributed by atoms with Gasteiger partial charge in [-0.25, -0.2) is 0 Å². The van der Waals surface area contributed by atoms with E-state index in [9.17, 15) is 4.79 Å². The summed E-state index contributed by atoms with van der Waals surface area (Å²) in [5.74, 6) is 0.747. The topological polar surface area (TPSA) is 26.3 Å². The predicted molar refractivity (Wildman–Crippen MR) is 95.0 cm³/mol. The quantitative estimate of drug-likeness (QED) is 0.597. The third-order valence-corrected chi connectivity index (χ3v) is 3.75. The lowest BCUT2D eigenvalue weighted by Crippen LogP contribution is -2.51. The molecule has 132 valence electrons. The molecule has 0 aromatic rings. The molecule has 0 aromatic carbocycles. The zero-order valence-corrected chi connectivity index (χ0v) is 16.7. The zero-order valence-electron chi connectivity index (χ0n) is 16.7. The van der Waals surface area contributed by atoms with E-state index in [-0.39, 0.29) is 29.3 Å². The Morgan fingerprint density at radius 3 is 1.91 bits per heavy atom. The summed E-state index contributed by atoms with van der Waals surface area (Å²) >= 11 is 0. The van der Waals surface area contributed by atoms with Gasteiger partial charge in [0.1, 0.15) is 6.61 Å². The number of carbonyl (C=O) groups excluding carboxylic acids is 1. The molecule has 0 aliphatic heterocycles. The van der Waals surface area contributed by atoms with Crippen LogP contribution in [0.1, 0.15) is 61.3 Å². The number of ketones is 1. The first-order valence-electron chi connectivity index (χ1n) is 8.56. The molecule has 0 amide bonds. The fraction of sp³-hybridized carbons (Fsp3) is 0.947. The van der Waals surface area contributed by atoms with Crippen molar-refractivity contribution in [3.8, 4) is 0 Å². The second-order valence-electron chi connectivity index (χ2n) is 10.1. The minimum Gasteiger partial charge on any atom is -0.373 e. The lowest BCUT2D eigenvalue weighted by atomic mass is 9.77. The van der Waals surface area contributed by atoms with Crippen LogP contribution in [-0.2, 0) is 9.53 Å². The van der Waals surface area contributed by atoms with Gasteiger partial charge in [0.15, 0.2) is 6.04 Å². The first kappa shape index (κ1) is 21.6. The van der Waals surface area contributed by atoms with Gasteiger partial charge in [0.2, 0.25) is 5.78 Å². The minimum absolute atomic E-state index is 0.0192. The Hall–Kier alpha value is -0.410. The highest BCUT2D eigenvalue weighted by molar-refractivity contribution is 5.84. The van der Waals surface area contributed by atoms with Crippen LogP contribution in [0.15, 0.2) is 0 Å². The van der Waals surface area contributed by atoms with Gasteiger partial charge in [-0.1, -0.05) is 48.5 Å². The molecule has 0 rings (SSSR count). The zero-order chi connectivity index (χ0) is 17.8. The number of carbonyl (C=O) groups is 1. The standard InChI is InChI=1S/C19H40NO2/c1-15(2)11-16(20(8,9)10)17(21)12-22-14-19(6,7)13-18(3,4)5/h15-16H,11-14H2,1-10H3/q+1. The fourth-order valence-corrected chi connectivity index (χ4v) is 3.34. The largest absolute Gasteiger partial charge is 0.373 e. The number of nitrogens with zero attached hydrogens (tertiary/aromatic N) is 1. The molecule has 22 heavy (non-hydrogen) atoms. The number of quaternary nitrogens is 1. The van der Waals surface area contributed by atoms with Crippen LogP contribution in [0, 0.1) is 16.7 Å². The van der Waals surface area contributed by atoms with E-state index in [4.69, 9.17) is 4.74 Å². The van der Waals surface area contributed by atoms with Crippen molar-refractivity contribution in [3.63, 3.8) is 0 Å². The highest BCUT2D eigenvalue weighted by Gasteiger charge is 2.32. The Morgan fingerprint density at radius 2 is 1.55 bits per heavy atom. The molecule has 3 nitrogen and oxygen atoms in total. The predicted octanol–water partition coefficient (Wildman–Crippen LogP) is 4.16. The highest BCUT2D eigenvalue weighted by atomic mass is 16.5. The van der Waals surface area contributed by atoms with Crippen molar-refractivity contribution in [3.05, 3.63) is 0 Å². The van der Waals surface area contributed by atoms with Crippen molar-refractivity contribution in [1.29, 1.82) is 0 Å². The Balaban J connectivity index is 4.53. The van der Waals surface area contributed by atoms with Crippen LogP contribution in [0.5, 0.6) is 0 Å². The molecule has 1 unspecified atom stereocenters. The third kappa shape index (κ3) is 9.58. The summed E-state index contributed by atoms with van der Waals surface area (Å²) in [4.78, 5) is 12.6. The van der Waals surface area contributed by atoms with Crippen LogP contribution >= 0.6 is 0 Å². The number of hydrogen-bond acceptors (Lipinski definition) is 2. The lowest BCUT2D eigenvalue weighted by Gasteiger charge is -2.35. The summed E-state index contributed by atoms with van der Waals surface area (Å²) in [5.41, 5.74) is 0.377. The molecule has 0 saturated heterocycles. The maximum atomic E-state index is 12.6. The van der Waals surface area contributed by atoms with E-state index in [1.807, 2.05) is 0 Å². The van der Waals surface area contributed by atoms with E-state index < -0.39 is 0 Å². The molecule has 0 saturated carbocycles. The van der Waals surface area contributed by atoms with Gasteiger partial charge >= 0.3 is 0 Å². The van der Waals surface area contributed by atoms with Crippen molar-refractivity contribution in [2.75, 3.05) is 34.4 Å². The number of likely N-dealkylation sites (N-methyl/N-ethyl adjacent to an activating group) is 1. The summed E-state index contributed by atoms with van der Waals surface area (Å²) in [5, 5.41) is 0. The summed E-state index contributed by atoms with van der Waals surface area (Å²) in [6.07, 6.45) is 2.00. The van der Waals surface area contributed by atoms with Crippen molar-refractivity contribution < 1.29 is 14.0 Å². The molecule has 1 atom stereocenters. The second-order valence-corrected chi connectivity index (χ2v) is 10.1. The van der Waals surface area contributed by atoms with Crippen LogP contribution in [0.4, 0.5) is 0 Å². The van der Waals surface area contributed by atoms with Gasteiger partial charge in [-0.05, 0) is 23.2 Å². The summed E-state index contributed by atoms with van der Waals surface area (Å²) in [7, 11) is 6.28. The van der Waals surface area contributed by atoms with Gasteiger partial charge in [-0.3, -0.25) is 4.79 Å². The van der Waals surface area contributed by atoms with Crippen molar-refractivity contribution in [2.24, 2.45) is 16.7 Å². The molecular formula is C19H40NO2+. The van der Waals surface area contributed by atoms with Crippen LogP contribution in [0.25, 0.3) is 0 Å². The van der Waals surface area contributed by atoms with Crippen molar-refractivity contribution in [2.45, 2.75) is 67.3 Å². The molecule has 0 spiro atoms. The van der Waals surface area contributed by atoms with Gasteiger partial charge in [-0.15, -0.1) is 0 Å². The summed E-state index contributed by atoms with van der Waals surface area (Å²) in [6, 6.07) is 0.0192. The Bertz CT molecular complexity index is 345. The molecule has 0 heterocycles. The number of hydrogen-bond donors (Lipinski definition) is 0. The second kappa shape index (κ2) is 7.92. The highest BCUT2D eigenvalue weighted by Crippen LogP contribution is 2.33. The maximum Gasteiger partial charge on any atom is 0.215 e. The van der Waals surface area contributed by atoms with E-state index in [2.05, 4.69) is 69.6 Å². The summed E-state index contributed by atoms with van der Waals surface area (Å²) in [6.45, 7) is 16.4. The SMILES string of the molecule is CC(C)CC(C(=O)COCC(C)(C)CC(C)(C)C)[N+](C)(C)C. The van der Waals surface area contributed by atoms with Crippen LogP contribution in [0.2, 0.25) is 0 Å². The van der Waals surface area contributed by atoms with E-state index in [0.29, 0.717) is 17.0 Å². The average molecular weight is 315 g/mol. The summed E-state index contributed by atoms with van der Waals surface area (Å²) < 4.78 is 6.48. The normalized spacial score (nSPS) is 15.2. The molecule has 0 aliphatic rings. The molecule has 3 heteroatoms. The van der Waals surface area contributed by atoms with E-state index in [1.54, 1.807) is 0 Å². The minimum atomic E-state index is 0.0192.